The van der Waals surface area contributed by atoms with Crippen LogP contribution in [0.2, 0.25) is 10.0 Å². The first-order chi connectivity index (χ1) is 9.95. The van der Waals surface area contributed by atoms with Gasteiger partial charge in [0.15, 0.2) is 0 Å². The van der Waals surface area contributed by atoms with E-state index in [9.17, 15) is 4.79 Å². The zero-order chi connectivity index (χ0) is 15.4. The van der Waals surface area contributed by atoms with Crippen molar-refractivity contribution in [3.63, 3.8) is 0 Å². The van der Waals surface area contributed by atoms with Crippen LogP contribution >= 0.6 is 23.2 Å². The lowest BCUT2D eigenvalue weighted by atomic mass is 10.1. The van der Waals surface area contributed by atoms with E-state index in [0.717, 1.165) is 11.3 Å². The number of nitrogens with zero attached hydrogens (tertiary/aromatic N) is 1. The maximum atomic E-state index is 12.2. The lowest BCUT2D eigenvalue weighted by Crippen LogP contribution is -2.34. The number of pyridine rings is 1. The fourth-order valence-corrected chi connectivity index (χ4v) is 2.57. The summed E-state index contributed by atoms with van der Waals surface area (Å²) >= 11 is 12.0. The van der Waals surface area contributed by atoms with E-state index < -0.39 is 0 Å². The molecule has 110 valence electrons. The Balaban J connectivity index is 2.02. The van der Waals surface area contributed by atoms with Crippen LogP contribution in [0.1, 0.15) is 28.5 Å². The van der Waals surface area contributed by atoms with Gasteiger partial charge in [0.1, 0.15) is 0 Å². The Morgan fingerprint density at radius 2 is 2.10 bits per heavy atom. The van der Waals surface area contributed by atoms with Gasteiger partial charge in [0.05, 0.1) is 10.6 Å². The summed E-state index contributed by atoms with van der Waals surface area (Å²) in [5.74, 6) is -0.220. The third-order valence-electron chi connectivity index (χ3n) is 3.04. The summed E-state index contributed by atoms with van der Waals surface area (Å²) in [5, 5.41) is 4.02. The fraction of sp³-hybridized carbons (Fsp3) is 0.250. The van der Waals surface area contributed by atoms with Crippen LogP contribution in [0.25, 0.3) is 0 Å². The highest BCUT2D eigenvalue weighted by Gasteiger charge is 2.14. The highest BCUT2D eigenvalue weighted by atomic mass is 35.5. The monoisotopic (exact) mass is 322 g/mol. The SMILES string of the molecule is Cc1cc(Cl)c(C(=O)NC(C)Cc2cccc(Cl)c2)cn1. The van der Waals surface area contributed by atoms with Crippen molar-refractivity contribution in [2.24, 2.45) is 0 Å². The minimum Gasteiger partial charge on any atom is -0.349 e. The lowest BCUT2D eigenvalue weighted by Gasteiger charge is -2.14. The Morgan fingerprint density at radius 3 is 2.76 bits per heavy atom. The first-order valence-corrected chi connectivity index (χ1v) is 7.39. The van der Waals surface area contributed by atoms with E-state index >= 15 is 0 Å². The minimum absolute atomic E-state index is 0.0339. The molecule has 0 aliphatic heterocycles. The number of rotatable bonds is 4. The lowest BCUT2D eigenvalue weighted by molar-refractivity contribution is 0.0940. The summed E-state index contributed by atoms with van der Waals surface area (Å²) in [6.07, 6.45) is 2.20. The van der Waals surface area contributed by atoms with Gasteiger partial charge in [-0.3, -0.25) is 9.78 Å². The van der Waals surface area contributed by atoms with Gasteiger partial charge in [-0.25, -0.2) is 0 Å². The molecule has 0 aliphatic carbocycles. The first-order valence-electron chi connectivity index (χ1n) is 6.63. The van der Waals surface area contributed by atoms with Crippen LogP contribution in [0.15, 0.2) is 36.5 Å². The molecular formula is C16H16Cl2N2O. The molecule has 1 unspecified atom stereocenters. The smallest absolute Gasteiger partial charge is 0.254 e. The average molecular weight is 323 g/mol. The van der Waals surface area contributed by atoms with E-state index in [4.69, 9.17) is 23.2 Å². The van der Waals surface area contributed by atoms with Gasteiger partial charge in [-0.05, 0) is 44.0 Å². The first kappa shape index (κ1) is 15.8. The Labute approximate surface area is 134 Å². The molecule has 0 spiro atoms. The summed E-state index contributed by atoms with van der Waals surface area (Å²) in [6, 6.07) is 9.24. The van der Waals surface area contributed by atoms with Gasteiger partial charge >= 0.3 is 0 Å². The predicted octanol–water partition coefficient (Wildman–Crippen LogP) is 4.06. The van der Waals surface area contributed by atoms with Gasteiger partial charge in [0, 0.05) is 23.0 Å². The molecule has 0 saturated heterocycles. The number of carbonyl (C=O) groups excluding carboxylic acids is 1. The van der Waals surface area contributed by atoms with Crippen molar-refractivity contribution in [1.82, 2.24) is 10.3 Å². The average Bonchev–Trinajstić information content (AvgIpc) is 2.38. The van der Waals surface area contributed by atoms with Crippen molar-refractivity contribution in [3.05, 3.63) is 63.4 Å². The number of aromatic nitrogens is 1. The number of amides is 1. The van der Waals surface area contributed by atoms with Gasteiger partial charge in [-0.15, -0.1) is 0 Å². The quantitative estimate of drug-likeness (QED) is 0.922. The zero-order valence-electron chi connectivity index (χ0n) is 11.9. The highest BCUT2D eigenvalue weighted by Crippen LogP contribution is 2.16. The van der Waals surface area contributed by atoms with Gasteiger partial charge < -0.3 is 5.32 Å². The van der Waals surface area contributed by atoms with Crippen molar-refractivity contribution in [1.29, 1.82) is 0 Å². The predicted molar refractivity (Wildman–Crippen MR) is 86.1 cm³/mol. The van der Waals surface area contributed by atoms with Gasteiger partial charge in [0.2, 0.25) is 0 Å². The topological polar surface area (TPSA) is 42.0 Å². The molecule has 1 heterocycles. The third kappa shape index (κ3) is 4.45. The molecule has 1 amide bonds. The molecular weight excluding hydrogens is 307 g/mol. The van der Waals surface area contributed by atoms with Crippen molar-refractivity contribution < 1.29 is 4.79 Å². The summed E-state index contributed by atoms with van der Waals surface area (Å²) in [7, 11) is 0. The minimum atomic E-state index is -0.220. The van der Waals surface area contributed by atoms with E-state index in [0.29, 0.717) is 22.0 Å². The Kier molecular flexibility index (Phi) is 5.21. The van der Waals surface area contributed by atoms with Crippen molar-refractivity contribution >= 4 is 29.1 Å². The van der Waals surface area contributed by atoms with Crippen LogP contribution in [0.4, 0.5) is 0 Å². The molecule has 0 bridgehead atoms. The maximum absolute atomic E-state index is 12.2. The van der Waals surface area contributed by atoms with Crippen molar-refractivity contribution in [3.8, 4) is 0 Å². The number of nitrogens with one attached hydrogen (secondary N) is 1. The molecule has 21 heavy (non-hydrogen) atoms. The van der Waals surface area contributed by atoms with Crippen LogP contribution in [0.3, 0.4) is 0 Å². The van der Waals surface area contributed by atoms with Crippen LogP contribution < -0.4 is 5.32 Å². The maximum Gasteiger partial charge on any atom is 0.254 e. The molecule has 0 saturated carbocycles. The summed E-state index contributed by atoms with van der Waals surface area (Å²) in [5.41, 5.74) is 2.24. The molecule has 1 aromatic heterocycles. The molecule has 0 radical (unpaired) electrons. The number of aryl methyl sites for hydroxylation is 1. The number of halogens is 2. The number of hydrogen-bond acceptors (Lipinski definition) is 2. The van der Waals surface area contributed by atoms with Crippen molar-refractivity contribution in [2.75, 3.05) is 0 Å². The second kappa shape index (κ2) is 6.92. The standard InChI is InChI=1S/C16H16Cl2N2O/c1-10-7-15(18)14(9-19-10)16(21)20-11(2)6-12-4-3-5-13(17)8-12/h3-5,7-9,11H,6H2,1-2H3,(H,20,21). The van der Waals surface area contributed by atoms with Crippen molar-refractivity contribution in [2.45, 2.75) is 26.3 Å². The summed E-state index contributed by atoms with van der Waals surface area (Å²) < 4.78 is 0. The van der Waals surface area contributed by atoms with E-state index in [2.05, 4.69) is 10.3 Å². The second-order valence-electron chi connectivity index (χ2n) is 5.01. The molecule has 2 aromatic rings. The molecule has 0 aliphatic rings. The van der Waals surface area contributed by atoms with E-state index in [-0.39, 0.29) is 11.9 Å². The van der Waals surface area contributed by atoms with Gasteiger partial charge in [-0.2, -0.15) is 0 Å². The van der Waals surface area contributed by atoms with E-state index in [1.54, 1.807) is 6.07 Å². The summed E-state index contributed by atoms with van der Waals surface area (Å²) in [4.78, 5) is 16.3. The molecule has 1 N–H and O–H groups in total. The Bertz CT molecular complexity index is 658. The number of benzene rings is 1. The molecule has 1 aromatic carbocycles. The van der Waals surface area contributed by atoms with Gasteiger partial charge in [0.25, 0.3) is 5.91 Å². The Morgan fingerprint density at radius 1 is 1.33 bits per heavy atom. The van der Waals surface area contributed by atoms with Gasteiger partial charge in [-0.1, -0.05) is 35.3 Å². The van der Waals surface area contributed by atoms with Crippen LogP contribution in [-0.2, 0) is 6.42 Å². The van der Waals surface area contributed by atoms with E-state index in [1.165, 1.54) is 6.20 Å². The summed E-state index contributed by atoms with van der Waals surface area (Å²) in [6.45, 7) is 3.77. The molecule has 2 rings (SSSR count). The number of carbonyl (C=O) groups is 1. The van der Waals surface area contributed by atoms with Crippen LogP contribution in [0, 0.1) is 6.92 Å². The molecule has 3 nitrogen and oxygen atoms in total. The zero-order valence-corrected chi connectivity index (χ0v) is 13.4. The Hall–Kier alpha value is -1.58. The molecule has 5 heteroatoms. The fourth-order valence-electron chi connectivity index (χ4n) is 2.06. The highest BCUT2D eigenvalue weighted by molar-refractivity contribution is 6.33. The van der Waals surface area contributed by atoms with Crippen LogP contribution in [0.5, 0.6) is 0 Å². The van der Waals surface area contributed by atoms with E-state index in [1.807, 2.05) is 38.1 Å². The third-order valence-corrected chi connectivity index (χ3v) is 3.59. The van der Waals surface area contributed by atoms with Crippen LogP contribution in [-0.4, -0.2) is 16.9 Å². The molecule has 1 atom stereocenters. The normalized spacial score (nSPS) is 12.0. The largest absolute Gasteiger partial charge is 0.349 e. The molecule has 0 fully saturated rings. The number of hydrogen-bond donors (Lipinski definition) is 1. The second-order valence-corrected chi connectivity index (χ2v) is 5.86.